The van der Waals surface area contributed by atoms with Gasteiger partial charge in [-0.25, -0.2) is 13.4 Å². The zero-order valence-corrected chi connectivity index (χ0v) is 11.9. The Morgan fingerprint density at radius 3 is 2.79 bits per heavy atom. The average molecular weight is 302 g/mol. The minimum absolute atomic E-state index is 0.0283. The van der Waals surface area contributed by atoms with Crippen molar-refractivity contribution < 1.29 is 12.9 Å². The fourth-order valence-corrected chi connectivity index (χ4v) is 3.10. The second kappa shape index (κ2) is 5.28. The van der Waals surface area contributed by atoms with Crippen LogP contribution in [0.15, 0.2) is 33.8 Å². The SMILES string of the molecule is Cc1cc(CN(C)S(=O)(=O)c2cccnc2Cl)no1. The number of nitrogens with zero attached hydrogens (tertiary/aromatic N) is 3. The molecule has 19 heavy (non-hydrogen) atoms. The summed E-state index contributed by atoms with van der Waals surface area (Å²) < 4.78 is 30.7. The molecule has 0 N–H and O–H groups in total. The van der Waals surface area contributed by atoms with Crippen LogP contribution in [0.3, 0.4) is 0 Å². The van der Waals surface area contributed by atoms with Crippen LogP contribution in [-0.2, 0) is 16.6 Å². The maximum atomic E-state index is 12.3. The van der Waals surface area contributed by atoms with Gasteiger partial charge in [0.15, 0.2) is 0 Å². The van der Waals surface area contributed by atoms with Gasteiger partial charge < -0.3 is 4.52 Å². The van der Waals surface area contributed by atoms with Crippen molar-refractivity contribution in [3.63, 3.8) is 0 Å². The molecule has 0 bridgehead atoms. The van der Waals surface area contributed by atoms with Crippen LogP contribution in [0.25, 0.3) is 0 Å². The zero-order valence-electron chi connectivity index (χ0n) is 10.4. The predicted octanol–water partition coefficient (Wildman–Crippen LogP) is 1.85. The molecule has 0 saturated heterocycles. The van der Waals surface area contributed by atoms with E-state index in [0.717, 1.165) is 4.31 Å². The molecule has 2 aromatic heterocycles. The third kappa shape index (κ3) is 2.94. The Hall–Kier alpha value is -1.44. The molecule has 0 saturated carbocycles. The number of aryl methyl sites for hydroxylation is 1. The third-order valence-corrected chi connectivity index (χ3v) is 4.72. The number of hydrogen-bond donors (Lipinski definition) is 0. The first-order valence-electron chi connectivity index (χ1n) is 5.40. The normalized spacial score (nSPS) is 12.0. The van der Waals surface area contributed by atoms with Crippen molar-refractivity contribution in [3.8, 4) is 0 Å². The monoisotopic (exact) mass is 301 g/mol. The lowest BCUT2D eigenvalue weighted by Gasteiger charge is -2.16. The first kappa shape index (κ1) is 14.0. The van der Waals surface area contributed by atoms with Gasteiger partial charge in [-0.2, -0.15) is 4.31 Å². The van der Waals surface area contributed by atoms with E-state index in [1.54, 1.807) is 13.0 Å². The van der Waals surface area contributed by atoms with Gasteiger partial charge in [-0.15, -0.1) is 0 Å². The molecule has 0 fully saturated rings. The van der Waals surface area contributed by atoms with E-state index in [2.05, 4.69) is 10.1 Å². The van der Waals surface area contributed by atoms with E-state index in [0.29, 0.717) is 11.5 Å². The Labute approximate surface area is 116 Å². The molecule has 2 aromatic rings. The maximum Gasteiger partial charge on any atom is 0.246 e. The van der Waals surface area contributed by atoms with Gasteiger partial charge in [-0.1, -0.05) is 16.8 Å². The molecule has 8 heteroatoms. The van der Waals surface area contributed by atoms with Crippen LogP contribution in [-0.4, -0.2) is 29.9 Å². The minimum atomic E-state index is -3.70. The molecule has 0 aliphatic heterocycles. The van der Waals surface area contributed by atoms with Crippen LogP contribution in [0.5, 0.6) is 0 Å². The van der Waals surface area contributed by atoms with Crippen molar-refractivity contribution >= 4 is 21.6 Å². The van der Waals surface area contributed by atoms with E-state index in [4.69, 9.17) is 16.1 Å². The summed E-state index contributed by atoms with van der Waals surface area (Å²) in [5.41, 5.74) is 0.531. The Morgan fingerprint density at radius 2 is 2.21 bits per heavy atom. The molecule has 0 aromatic carbocycles. The molecule has 0 aliphatic carbocycles. The molecule has 102 valence electrons. The summed E-state index contributed by atoms with van der Waals surface area (Å²) in [4.78, 5) is 3.74. The second-order valence-corrected chi connectivity index (χ2v) is 6.35. The summed E-state index contributed by atoms with van der Waals surface area (Å²) in [6.07, 6.45) is 1.43. The molecule has 0 unspecified atom stereocenters. The molecule has 2 rings (SSSR count). The largest absolute Gasteiger partial charge is 0.361 e. The van der Waals surface area contributed by atoms with Crippen LogP contribution in [0, 0.1) is 6.92 Å². The summed E-state index contributed by atoms with van der Waals surface area (Å²) >= 11 is 5.81. The van der Waals surface area contributed by atoms with E-state index in [1.807, 2.05) is 0 Å². The topological polar surface area (TPSA) is 76.3 Å². The molecule has 0 amide bonds. The summed E-state index contributed by atoms with van der Waals surface area (Å²) in [6.45, 7) is 1.84. The van der Waals surface area contributed by atoms with Crippen molar-refractivity contribution in [3.05, 3.63) is 41.0 Å². The van der Waals surface area contributed by atoms with Crippen LogP contribution < -0.4 is 0 Å². The summed E-state index contributed by atoms with van der Waals surface area (Å²) in [5.74, 6) is 0.625. The standard InChI is InChI=1S/C11H12ClN3O3S/c1-8-6-9(14-18-8)7-15(2)19(16,17)10-4-3-5-13-11(10)12/h3-6H,7H2,1-2H3. The molecule has 0 atom stereocenters. The van der Waals surface area contributed by atoms with E-state index in [9.17, 15) is 8.42 Å². The number of aromatic nitrogens is 2. The highest BCUT2D eigenvalue weighted by Gasteiger charge is 2.24. The lowest BCUT2D eigenvalue weighted by atomic mass is 10.4. The molecule has 0 radical (unpaired) electrons. The van der Waals surface area contributed by atoms with Crippen molar-refractivity contribution in [1.82, 2.24) is 14.4 Å². The fraction of sp³-hybridized carbons (Fsp3) is 0.273. The number of pyridine rings is 1. The molecule has 0 spiro atoms. The Balaban J connectivity index is 2.27. The predicted molar refractivity (Wildman–Crippen MR) is 69.1 cm³/mol. The van der Waals surface area contributed by atoms with Crippen molar-refractivity contribution in [1.29, 1.82) is 0 Å². The van der Waals surface area contributed by atoms with Crippen molar-refractivity contribution in [2.24, 2.45) is 0 Å². The summed E-state index contributed by atoms with van der Waals surface area (Å²) in [7, 11) is -2.25. The first-order valence-corrected chi connectivity index (χ1v) is 7.22. The molecular weight excluding hydrogens is 290 g/mol. The third-order valence-electron chi connectivity index (χ3n) is 2.47. The van der Waals surface area contributed by atoms with E-state index in [-0.39, 0.29) is 16.6 Å². The Bertz CT molecular complexity index is 684. The number of sulfonamides is 1. The highest BCUT2D eigenvalue weighted by Crippen LogP contribution is 2.22. The second-order valence-electron chi connectivity index (χ2n) is 3.98. The number of hydrogen-bond acceptors (Lipinski definition) is 5. The van der Waals surface area contributed by atoms with Gasteiger partial charge in [-0.3, -0.25) is 0 Å². The Morgan fingerprint density at radius 1 is 1.47 bits per heavy atom. The van der Waals surface area contributed by atoms with E-state index in [1.165, 1.54) is 25.4 Å². The van der Waals surface area contributed by atoms with Gasteiger partial charge in [0.2, 0.25) is 10.0 Å². The molecule has 6 nitrogen and oxygen atoms in total. The van der Waals surface area contributed by atoms with Gasteiger partial charge in [0, 0.05) is 19.3 Å². The van der Waals surface area contributed by atoms with Crippen LogP contribution in [0.4, 0.5) is 0 Å². The fourth-order valence-electron chi connectivity index (χ4n) is 1.54. The van der Waals surface area contributed by atoms with Crippen LogP contribution >= 0.6 is 11.6 Å². The van der Waals surface area contributed by atoms with E-state index < -0.39 is 10.0 Å². The van der Waals surface area contributed by atoms with Gasteiger partial charge in [0.05, 0.1) is 12.2 Å². The lowest BCUT2D eigenvalue weighted by Crippen LogP contribution is -2.27. The summed E-state index contributed by atoms with van der Waals surface area (Å²) in [5, 5.41) is 3.71. The smallest absolute Gasteiger partial charge is 0.246 e. The molecule has 2 heterocycles. The van der Waals surface area contributed by atoms with Crippen LogP contribution in [0.2, 0.25) is 5.15 Å². The maximum absolute atomic E-state index is 12.3. The van der Waals surface area contributed by atoms with E-state index >= 15 is 0 Å². The minimum Gasteiger partial charge on any atom is -0.361 e. The summed E-state index contributed by atoms with van der Waals surface area (Å²) in [6, 6.07) is 4.61. The zero-order chi connectivity index (χ0) is 14.0. The quantitative estimate of drug-likeness (QED) is 0.806. The highest BCUT2D eigenvalue weighted by atomic mass is 35.5. The van der Waals surface area contributed by atoms with Gasteiger partial charge in [0.1, 0.15) is 15.8 Å². The van der Waals surface area contributed by atoms with Gasteiger partial charge in [0.25, 0.3) is 0 Å². The molecule has 0 aliphatic rings. The lowest BCUT2D eigenvalue weighted by molar-refractivity contribution is 0.378. The average Bonchev–Trinajstić information content (AvgIpc) is 2.75. The van der Waals surface area contributed by atoms with Crippen LogP contribution in [0.1, 0.15) is 11.5 Å². The number of halogens is 1. The first-order chi connectivity index (χ1) is 8.91. The van der Waals surface area contributed by atoms with Gasteiger partial charge in [-0.05, 0) is 19.1 Å². The van der Waals surface area contributed by atoms with Crippen molar-refractivity contribution in [2.45, 2.75) is 18.4 Å². The highest BCUT2D eigenvalue weighted by molar-refractivity contribution is 7.89. The number of rotatable bonds is 4. The molecular formula is C11H12ClN3O3S. The Kier molecular flexibility index (Phi) is 3.88. The van der Waals surface area contributed by atoms with Crippen molar-refractivity contribution in [2.75, 3.05) is 7.05 Å². The van der Waals surface area contributed by atoms with Gasteiger partial charge >= 0.3 is 0 Å².